The summed E-state index contributed by atoms with van der Waals surface area (Å²) in [7, 11) is 0. The average molecular weight is 284 g/mol. The maximum Gasteiger partial charge on any atom is 0.320 e. The first-order valence-electron chi connectivity index (χ1n) is 6.69. The third-order valence-electron chi connectivity index (χ3n) is 2.68. The monoisotopic (exact) mass is 284 g/mol. The van der Waals surface area contributed by atoms with Crippen molar-refractivity contribution < 1.29 is 9.53 Å². The molecule has 0 aliphatic heterocycles. The van der Waals surface area contributed by atoms with Gasteiger partial charge in [-0.2, -0.15) is 0 Å². The molecule has 0 unspecified atom stereocenters. The maximum atomic E-state index is 11.5. The van der Waals surface area contributed by atoms with Gasteiger partial charge >= 0.3 is 5.97 Å². The molecule has 4 nitrogen and oxygen atoms in total. The second-order valence-corrected chi connectivity index (χ2v) is 6.36. The number of likely N-dealkylation sites (N-methyl/N-ethyl adjacent to an activating group) is 1. The third-order valence-corrected chi connectivity index (χ3v) is 4.00. The number of thiazole rings is 1. The minimum atomic E-state index is -0.171. The van der Waals surface area contributed by atoms with Crippen molar-refractivity contribution in [2.24, 2.45) is 0 Å². The van der Waals surface area contributed by atoms with Crippen LogP contribution in [0.25, 0.3) is 0 Å². The summed E-state index contributed by atoms with van der Waals surface area (Å²) in [5.41, 5.74) is 1.11. The summed E-state index contributed by atoms with van der Waals surface area (Å²) in [5, 5.41) is 3.21. The quantitative estimate of drug-likeness (QED) is 0.753. The van der Waals surface area contributed by atoms with E-state index in [1.54, 1.807) is 11.3 Å². The average Bonchev–Trinajstić information content (AvgIpc) is 2.76. The fourth-order valence-electron chi connectivity index (χ4n) is 1.62. The Balaban J connectivity index is 2.61. The molecule has 19 heavy (non-hydrogen) atoms. The Morgan fingerprint density at radius 2 is 2.11 bits per heavy atom. The van der Waals surface area contributed by atoms with E-state index in [1.807, 2.05) is 18.7 Å². The van der Waals surface area contributed by atoms with Gasteiger partial charge in [0, 0.05) is 17.3 Å². The number of aromatic nitrogens is 1. The number of hydrogen-bond acceptors (Lipinski definition) is 5. The highest BCUT2D eigenvalue weighted by atomic mass is 32.1. The molecule has 0 aliphatic carbocycles. The number of carbonyl (C=O) groups is 1. The van der Waals surface area contributed by atoms with Crippen LogP contribution in [0.15, 0.2) is 5.38 Å². The molecule has 0 aliphatic rings. The standard InChI is InChI=1S/C14H24N2O2S/c1-6-16(9-12(17)18-7-2)8-11-10-19-13(15-11)14(3,4)5/h10H,6-9H2,1-5H3. The Morgan fingerprint density at radius 1 is 1.42 bits per heavy atom. The van der Waals surface area contributed by atoms with Gasteiger partial charge in [-0.3, -0.25) is 9.69 Å². The number of ether oxygens (including phenoxy) is 1. The lowest BCUT2D eigenvalue weighted by Gasteiger charge is -2.18. The molecule has 0 spiro atoms. The summed E-state index contributed by atoms with van der Waals surface area (Å²) in [6.07, 6.45) is 0. The molecule has 1 aromatic rings. The molecular formula is C14H24N2O2S. The van der Waals surface area contributed by atoms with E-state index >= 15 is 0 Å². The lowest BCUT2D eigenvalue weighted by atomic mass is 9.98. The van der Waals surface area contributed by atoms with Gasteiger partial charge in [0.05, 0.1) is 23.9 Å². The van der Waals surface area contributed by atoms with Gasteiger partial charge in [0.1, 0.15) is 0 Å². The normalized spacial score (nSPS) is 11.9. The third kappa shape index (κ3) is 5.28. The highest BCUT2D eigenvalue weighted by Crippen LogP contribution is 2.25. The zero-order valence-electron chi connectivity index (χ0n) is 12.5. The van der Waals surface area contributed by atoms with E-state index in [-0.39, 0.29) is 11.4 Å². The maximum absolute atomic E-state index is 11.5. The molecule has 0 bridgehead atoms. The number of carbonyl (C=O) groups excluding carboxylic acids is 1. The number of esters is 1. The molecule has 0 saturated heterocycles. The van der Waals surface area contributed by atoms with Crippen molar-refractivity contribution in [3.05, 3.63) is 16.1 Å². The van der Waals surface area contributed by atoms with Crippen molar-refractivity contribution in [1.82, 2.24) is 9.88 Å². The van der Waals surface area contributed by atoms with Gasteiger partial charge in [-0.25, -0.2) is 4.98 Å². The summed E-state index contributed by atoms with van der Waals surface area (Å²) in [6, 6.07) is 0. The molecule has 1 aromatic heterocycles. The first-order valence-corrected chi connectivity index (χ1v) is 7.57. The van der Waals surface area contributed by atoms with Gasteiger partial charge in [-0.15, -0.1) is 11.3 Å². The molecule has 0 aromatic carbocycles. The van der Waals surface area contributed by atoms with E-state index in [0.717, 1.165) is 17.2 Å². The smallest absolute Gasteiger partial charge is 0.320 e. The van der Waals surface area contributed by atoms with E-state index in [0.29, 0.717) is 19.7 Å². The lowest BCUT2D eigenvalue weighted by molar-refractivity contribution is -0.144. The molecule has 0 atom stereocenters. The topological polar surface area (TPSA) is 42.4 Å². The summed E-state index contributed by atoms with van der Waals surface area (Å²) in [5.74, 6) is -0.171. The van der Waals surface area contributed by atoms with Crippen LogP contribution in [0, 0.1) is 0 Å². The number of rotatable bonds is 6. The largest absolute Gasteiger partial charge is 0.465 e. The van der Waals surface area contributed by atoms with Crippen molar-refractivity contribution in [2.75, 3.05) is 19.7 Å². The Kier molecular flexibility index (Phi) is 5.94. The Labute approximate surface area is 119 Å². The minimum absolute atomic E-state index is 0.0844. The highest BCUT2D eigenvalue weighted by Gasteiger charge is 2.19. The van der Waals surface area contributed by atoms with Crippen molar-refractivity contribution in [3.63, 3.8) is 0 Å². The Morgan fingerprint density at radius 3 is 2.58 bits per heavy atom. The molecule has 1 rings (SSSR count). The molecule has 0 amide bonds. The van der Waals surface area contributed by atoms with E-state index in [4.69, 9.17) is 4.74 Å². The van der Waals surface area contributed by atoms with E-state index in [2.05, 4.69) is 31.1 Å². The van der Waals surface area contributed by atoms with E-state index in [1.165, 1.54) is 0 Å². The van der Waals surface area contributed by atoms with Crippen LogP contribution in [0.4, 0.5) is 0 Å². The predicted octanol–water partition coefficient (Wildman–Crippen LogP) is 2.83. The van der Waals surface area contributed by atoms with Crippen molar-refractivity contribution in [1.29, 1.82) is 0 Å². The summed E-state index contributed by atoms with van der Waals surface area (Å²) in [4.78, 5) is 18.2. The van der Waals surface area contributed by atoms with Gasteiger partial charge in [-0.1, -0.05) is 27.7 Å². The van der Waals surface area contributed by atoms with Crippen LogP contribution >= 0.6 is 11.3 Å². The summed E-state index contributed by atoms with van der Waals surface area (Å²) >= 11 is 1.68. The first kappa shape index (κ1) is 16.1. The van der Waals surface area contributed by atoms with Crippen LogP contribution < -0.4 is 0 Å². The van der Waals surface area contributed by atoms with Gasteiger partial charge in [0.2, 0.25) is 0 Å². The zero-order valence-corrected chi connectivity index (χ0v) is 13.3. The highest BCUT2D eigenvalue weighted by molar-refractivity contribution is 7.09. The minimum Gasteiger partial charge on any atom is -0.465 e. The number of nitrogens with zero attached hydrogens (tertiary/aromatic N) is 2. The lowest BCUT2D eigenvalue weighted by Crippen LogP contribution is -2.30. The zero-order chi connectivity index (χ0) is 14.5. The molecule has 108 valence electrons. The van der Waals surface area contributed by atoms with Crippen molar-refractivity contribution >= 4 is 17.3 Å². The second kappa shape index (κ2) is 7.01. The fraction of sp³-hybridized carbons (Fsp3) is 0.714. The summed E-state index contributed by atoms with van der Waals surface area (Å²) in [6.45, 7) is 12.6. The Hall–Kier alpha value is -0.940. The van der Waals surface area contributed by atoms with E-state index < -0.39 is 0 Å². The van der Waals surface area contributed by atoms with Crippen LogP contribution in [0.3, 0.4) is 0 Å². The SMILES string of the molecule is CCOC(=O)CN(CC)Cc1csc(C(C)(C)C)n1. The van der Waals surface area contributed by atoms with E-state index in [9.17, 15) is 4.79 Å². The molecule has 0 radical (unpaired) electrons. The molecule has 5 heteroatoms. The van der Waals surface area contributed by atoms with Crippen LogP contribution in [0.2, 0.25) is 0 Å². The van der Waals surface area contributed by atoms with Gasteiger partial charge < -0.3 is 4.74 Å². The molecular weight excluding hydrogens is 260 g/mol. The molecule has 0 N–H and O–H groups in total. The molecule has 1 heterocycles. The second-order valence-electron chi connectivity index (χ2n) is 5.50. The van der Waals surface area contributed by atoms with Gasteiger partial charge in [0.15, 0.2) is 0 Å². The van der Waals surface area contributed by atoms with Crippen LogP contribution in [-0.2, 0) is 21.5 Å². The first-order chi connectivity index (χ1) is 8.86. The molecule has 0 fully saturated rings. The van der Waals surface area contributed by atoms with Crippen LogP contribution in [-0.4, -0.2) is 35.5 Å². The van der Waals surface area contributed by atoms with Crippen LogP contribution in [0.1, 0.15) is 45.3 Å². The van der Waals surface area contributed by atoms with Gasteiger partial charge in [-0.05, 0) is 13.5 Å². The number of hydrogen-bond donors (Lipinski definition) is 0. The van der Waals surface area contributed by atoms with Crippen LogP contribution in [0.5, 0.6) is 0 Å². The fourth-order valence-corrected chi connectivity index (χ4v) is 2.52. The van der Waals surface area contributed by atoms with Gasteiger partial charge in [0.25, 0.3) is 0 Å². The predicted molar refractivity (Wildman–Crippen MR) is 78.4 cm³/mol. The summed E-state index contributed by atoms with van der Waals surface area (Å²) < 4.78 is 4.97. The Bertz CT molecular complexity index is 410. The van der Waals surface area contributed by atoms with Crippen molar-refractivity contribution in [3.8, 4) is 0 Å². The van der Waals surface area contributed by atoms with Crippen molar-refractivity contribution in [2.45, 2.75) is 46.6 Å². The molecule has 0 saturated carbocycles.